The van der Waals surface area contributed by atoms with Gasteiger partial charge in [-0.05, 0) is 25.0 Å². The number of rotatable bonds is 4. The fraction of sp³-hybridized carbons (Fsp3) is 0.235. The highest BCUT2D eigenvalue weighted by Gasteiger charge is 2.17. The number of benzene rings is 1. The van der Waals surface area contributed by atoms with Crippen molar-refractivity contribution >= 4 is 29.0 Å². The van der Waals surface area contributed by atoms with Crippen LogP contribution < -0.4 is 0 Å². The van der Waals surface area contributed by atoms with Gasteiger partial charge in [-0.1, -0.05) is 29.8 Å². The van der Waals surface area contributed by atoms with Crippen molar-refractivity contribution < 1.29 is 0 Å². The van der Waals surface area contributed by atoms with Crippen molar-refractivity contribution in [2.75, 3.05) is 12.5 Å². The molecule has 0 unspecified atom stereocenters. The predicted octanol–water partition coefficient (Wildman–Crippen LogP) is 4.68. The van der Waals surface area contributed by atoms with Crippen LogP contribution in [-0.2, 0) is 6.42 Å². The molecule has 21 heavy (non-hydrogen) atoms. The summed E-state index contributed by atoms with van der Waals surface area (Å²) in [6, 6.07) is 8.82. The van der Waals surface area contributed by atoms with Crippen molar-refractivity contribution in [3.63, 3.8) is 0 Å². The van der Waals surface area contributed by atoms with Crippen LogP contribution >= 0.6 is 23.5 Å². The summed E-state index contributed by atoms with van der Waals surface area (Å²) in [5, 5.41) is 1.32. The van der Waals surface area contributed by atoms with E-state index in [0.29, 0.717) is 0 Å². The molecule has 0 aliphatic heterocycles. The van der Waals surface area contributed by atoms with Gasteiger partial charge in [0, 0.05) is 29.3 Å². The number of aromatic nitrogens is 2. The first-order valence-corrected chi connectivity index (χ1v) is 9.30. The Labute approximate surface area is 134 Å². The first-order chi connectivity index (χ1) is 10.2. The SMILES string of the molecule is CSc1c(Cc2ccc(C)cc2)c(SC)n2ccncc12. The van der Waals surface area contributed by atoms with E-state index < -0.39 is 0 Å². The predicted molar refractivity (Wildman–Crippen MR) is 92.7 cm³/mol. The van der Waals surface area contributed by atoms with Crippen LogP contribution in [0.4, 0.5) is 0 Å². The van der Waals surface area contributed by atoms with E-state index in [1.807, 2.05) is 24.2 Å². The second-order valence-corrected chi connectivity index (χ2v) is 6.63. The minimum Gasteiger partial charge on any atom is -0.307 e. The normalized spacial score (nSPS) is 11.2. The highest BCUT2D eigenvalue weighted by atomic mass is 32.2. The topological polar surface area (TPSA) is 17.3 Å². The van der Waals surface area contributed by atoms with Crippen LogP contribution in [0.25, 0.3) is 5.52 Å². The van der Waals surface area contributed by atoms with Gasteiger partial charge in [0.1, 0.15) is 0 Å². The third kappa shape index (κ3) is 2.70. The maximum atomic E-state index is 4.29. The van der Waals surface area contributed by atoms with Gasteiger partial charge in [-0.3, -0.25) is 4.98 Å². The molecule has 2 aromatic heterocycles. The Morgan fingerprint density at radius 2 is 1.86 bits per heavy atom. The molecule has 0 aliphatic carbocycles. The van der Waals surface area contributed by atoms with Crippen LogP contribution in [0.3, 0.4) is 0 Å². The minimum atomic E-state index is 0.967. The lowest BCUT2D eigenvalue weighted by atomic mass is 10.1. The van der Waals surface area contributed by atoms with E-state index in [4.69, 9.17) is 0 Å². The Kier molecular flexibility index (Phi) is 4.27. The maximum absolute atomic E-state index is 4.29. The first-order valence-electron chi connectivity index (χ1n) is 6.85. The molecule has 108 valence electrons. The van der Waals surface area contributed by atoms with Crippen molar-refractivity contribution in [1.82, 2.24) is 9.38 Å². The fourth-order valence-corrected chi connectivity index (χ4v) is 4.24. The zero-order valence-electron chi connectivity index (χ0n) is 12.5. The monoisotopic (exact) mass is 314 g/mol. The molecule has 0 bridgehead atoms. The number of hydrogen-bond acceptors (Lipinski definition) is 3. The number of hydrogen-bond donors (Lipinski definition) is 0. The van der Waals surface area contributed by atoms with Crippen LogP contribution in [0.2, 0.25) is 0 Å². The average Bonchev–Trinajstić information content (AvgIpc) is 2.82. The summed E-state index contributed by atoms with van der Waals surface area (Å²) < 4.78 is 2.26. The van der Waals surface area contributed by atoms with Crippen LogP contribution in [0.5, 0.6) is 0 Å². The first kappa shape index (κ1) is 14.5. The van der Waals surface area contributed by atoms with Crippen molar-refractivity contribution in [3.05, 3.63) is 59.5 Å². The summed E-state index contributed by atoms with van der Waals surface area (Å²) in [6.07, 6.45) is 11.1. The largest absolute Gasteiger partial charge is 0.307 e. The van der Waals surface area contributed by atoms with Gasteiger partial charge in [0.05, 0.1) is 16.7 Å². The highest BCUT2D eigenvalue weighted by molar-refractivity contribution is 7.99. The molecule has 0 atom stereocenters. The molecule has 0 N–H and O–H groups in total. The summed E-state index contributed by atoms with van der Waals surface area (Å²) in [6.45, 7) is 2.13. The Morgan fingerprint density at radius 3 is 2.52 bits per heavy atom. The van der Waals surface area contributed by atoms with Gasteiger partial charge in [0.15, 0.2) is 0 Å². The number of nitrogens with zero attached hydrogens (tertiary/aromatic N) is 2. The molecule has 0 spiro atoms. The highest BCUT2D eigenvalue weighted by Crippen LogP contribution is 2.36. The van der Waals surface area contributed by atoms with Crippen molar-refractivity contribution in [2.45, 2.75) is 23.3 Å². The Bertz CT molecular complexity index is 719. The molecule has 3 aromatic rings. The summed E-state index contributed by atoms with van der Waals surface area (Å²) >= 11 is 3.61. The zero-order chi connectivity index (χ0) is 14.8. The van der Waals surface area contributed by atoms with Crippen LogP contribution in [0.1, 0.15) is 16.7 Å². The van der Waals surface area contributed by atoms with Crippen molar-refractivity contribution in [2.24, 2.45) is 0 Å². The molecule has 4 heteroatoms. The van der Waals surface area contributed by atoms with Crippen molar-refractivity contribution in [1.29, 1.82) is 0 Å². The van der Waals surface area contributed by atoms with E-state index >= 15 is 0 Å². The van der Waals surface area contributed by atoms with Crippen molar-refractivity contribution in [3.8, 4) is 0 Å². The van der Waals surface area contributed by atoms with Crippen LogP contribution in [0.15, 0.2) is 52.8 Å². The third-order valence-corrected chi connectivity index (χ3v) is 5.33. The molecule has 0 aliphatic rings. The van der Waals surface area contributed by atoms with Gasteiger partial charge in [-0.2, -0.15) is 0 Å². The van der Waals surface area contributed by atoms with E-state index in [1.54, 1.807) is 11.8 Å². The Balaban J connectivity index is 2.14. The molecular weight excluding hydrogens is 296 g/mol. The molecule has 0 saturated heterocycles. The summed E-state index contributed by atoms with van der Waals surface area (Å²) in [5.74, 6) is 0. The zero-order valence-corrected chi connectivity index (χ0v) is 14.1. The van der Waals surface area contributed by atoms with Gasteiger partial charge in [0.2, 0.25) is 0 Å². The fourth-order valence-electron chi connectivity index (χ4n) is 2.62. The smallest absolute Gasteiger partial charge is 0.0840 e. The average molecular weight is 314 g/mol. The lowest BCUT2D eigenvalue weighted by Gasteiger charge is -2.06. The van der Waals surface area contributed by atoms with Crippen LogP contribution in [-0.4, -0.2) is 21.9 Å². The van der Waals surface area contributed by atoms with Gasteiger partial charge in [-0.15, -0.1) is 23.5 Å². The third-order valence-electron chi connectivity index (χ3n) is 3.64. The summed E-state index contributed by atoms with van der Waals surface area (Å²) in [5.41, 5.74) is 5.28. The molecule has 0 saturated carbocycles. The Hall–Kier alpha value is -1.39. The molecule has 2 heterocycles. The van der Waals surface area contributed by atoms with E-state index in [9.17, 15) is 0 Å². The van der Waals surface area contributed by atoms with Gasteiger partial charge >= 0.3 is 0 Å². The molecule has 0 radical (unpaired) electrons. The second kappa shape index (κ2) is 6.16. The second-order valence-electron chi connectivity index (χ2n) is 5.02. The Morgan fingerprint density at radius 1 is 1.10 bits per heavy atom. The summed E-state index contributed by atoms with van der Waals surface area (Å²) in [7, 11) is 0. The molecular formula is C17H18N2S2. The minimum absolute atomic E-state index is 0.967. The standard InChI is InChI=1S/C17H18N2S2/c1-12-4-6-13(7-5-12)10-14-16(20-2)15-11-18-8-9-19(15)17(14)21-3/h4-9,11H,10H2,1-3H3. The maximum Gasteiger partial charge on any atom is 0.0840 e. The van der Waals surface area contributed by atoms with E-state index in [1.165, 1.54) is 32.1 Å². The van der Waals surface area contributed by atoms with E-state index in [-0.39, 0.29) is 0 Å². The molecule has 1 aromatic carbocycles. The van der Waals surface area contributed by atoms with E-state index in [2.05, 4.69) is 59.3 Å². The van der Waals surface area contributed by atoms with Crippen LogP contribution in [0, 0.1) is 6.92 Å². The molecule has 3 rings (SSSR count). The number of thioether (sulfide) groups is 2. The van der Waals surface area contributed by atoms with Gasteiger partial charge in [-0.25, -0.2) is 0 Å². The van der Waals surface area contributed by atoms with Gasteiger partial charge < -0.3 is 4.40 Å². The number of aryl methyl sites for hydroxylation is 1. The molecule has 0 fully saturated rings. The quantitative estimate of drug-likeness (QED) is 0.651. The number of fused-ring (bicyclic) bond motifs is 1. The van der Waals surface area contributed by atoms with Gasteiger partial charge in [0.25, 0.3) is 0 Å². The van der Waals surface area contributed by atoms with E-state index in [0.717, 1.165) is 6.42 Å². The lowest BCUT2D eigenvalue weighted by Crippen LogP contribution is -1.91. The lowest BCUT2D eigenvalue weighted by molar-refractivity contribution is 0.981. The summed E-state index contributed by atoms with van der Waals surface area (Å²) in [4.78, 5) is 5.63. The molecule has 0 amide bonds. The molecule has 2 nitrogen and oxygen atoms in total.